The van der Waals surface area contributed by atoms with E-state index in [-0.39, 0.29) is 11.7 Å². The summed E-state index contributed by atoms with van der Waals surface area (Å²) in [6.07, 6.45) is 6.52. The summed E-state index contributed by atoms with van der Waals surface area (Å²) in [5.41, 5.74) is 3.18. The van der Waals surface area contributed by atoms with Gasteiger partial charge in [0.25, 0.3) is 0 Å². The highest BCUT2D eigenvalue weighted by Gasteiger charge is 2.19. The molecule has 2 aromatic heterocycles. The van der Waals surface area contributed by atoms with Gasteiger partial charge in [0.2, 0.25) is 5.91 Å². The minimum absolute atomic E-state index is 0.277. The van der Waals surface area contributed by atoms with Gasteiger partial charge in [0.1, 0.15) is 17.7 Å². The number of aromatic nitrogens is 3. The van der Waals surface area contributed by atoms with E-state index in [1.54, 1.807) is 36.1 Å². The zero-order valence-corrected chi connectivity index (χ0v) is 13.7. The summed E-state index contributed by atoms with van der Waals surface area (Å²) in [7, 11) is 1.84. The van der Waals surface area contributed by atoms with E-state index in [4.69, 9.17) is 0 Å². The van der Waals surface area contributed by atoms with Crippen molar-refractivity contribution in [3.05, 3.63) is 76.5 Å². The van der Waals surface area contributed by atoms with Crippen LogP contribution in [0.1, 0.15) is 23.1 Å². The van der Waals surface area contributed by atoms with Crippen molar-refractivity contribution in [2.24, 2.45) is 7.05 Å². The van der Waals surface area contributed by atoms with Gasteiger partial charge in [0, 0.05) is 30.9 Å². The van der Waals surface area contributed by atoms with Crippen molar-refractivity contribution < 1.29 is 9.18 Å². The molecule has 0 unspecified atom stereocenters. The van der Waals surface area contributed by atoms with Crippen LogP contribution in [0.15, 0.2) is 53.6 Å². The van der Waals surface area contributed by atoms with E-state index in [1.807, 2.05) is 17.0 Å². The number of hydrogen-bond acceptors (Lipinski definition) is 4. The number of rotatable bonds is 5. The Labute approximate surface area is 142 Å². The van der Waals surface area contributed by atoms with Gasteiger partial charge in [-0.15, -0.1) is 11.3 Å². The monoisotopic (exact) mass is 342 g/mol. The molecule has 5 nitrogen and oxygen atoms in total. The Morgan fingerprint density at radius 2 is 2.12 bits per heavy atom. The first kappa shape index (κ1) is 16.1. The fourth-order valence-electron chi connectivity index (χ4n) is 2.26. The Bertz CT molecular complexity index is 840. The summed E-state index contributed by atoms with van der Waals surface area (Å²) >= 11 is 1.46. The molecule has 0 radical (unpaired) electrons. The summed E-state index contributed by atoms with van der Waals surface area (Å²) in [6, 6.07) is 5.53. The minimum atomic E-state index is -0.474. The van der Waals surface area contributed by atoms with E-state index in [9.17, 15) is 9.18 Å². The third-order valence-corrected chi connectivity index (χ3v) is 4.07. The molecular weight excluding hydrogens is 327 g/mol. The van der Waals surface area contributed by atoms with Crippen molar-refractivity contribution in [3.8, 4) is 0 Å². The van der Waals surface area contributed by atoms with E-state index in [0.29, 0.717) is 5.82 Å². The lowest BCUT2D eigenvalue weighted by Crippen LogP contribution is -2.29. The van der Waals surface area contributed by atoms with E-state index in [2.05, 4.69) is 15.3 Å². The Balaban J connectivity index is 1.84. The minimum Gasteiger partial charge on any atom is -0.339 e. The number of amides is 1. The number of nitrogens with zero attached hydrogens (tertiary/aromatic N) is 3. The normalized spacial score (nSPS) is 12.4. The predicted octanol–water partition coefficient (Wildman–Crippen LogP) is 2.93. The first-order chi connectivity index (χ1) is 11.6. The number of carbonyl (C=O) groups is 1. The zero-order valence-electron chi connectivity index (χ0n) is 12.9. The highest BCUT2D eigenvalue weighted by molar-refractivity contribution is 7.07. The third-order valence-electron chi connectivity index (χ3n) is 3.46. The predicted molar refractivity (Wildman–Crippen MR) is 90.7 cm³/mol. The van der Waals surface area contributed by atoms with Crippen LogP contribution in [0.4, 0.5) is 4.39 Å². The van der Waals surface area contributed by atoms with Gasteiger partial charge in [0.05, 0.1) is 11.2 Å². The van der Waals surface area contributed by atoms with E-state index < -0.39 is 6.04 Å². The topological polar surface area (TPSA) is 59.8 Å². The standard InChI is InChI=1S/C17H15FN4OS/c1-22-9-8-19-17(22)16(12-2-4-13(18)5-3-12)21-15(23)7-6-14-10-24-11-20-14/h2-11,16H,1H3,(H,21,23)/b7-6+/t16-/m1/s1. The molecule has 0 bridgehead atoms. The number of nitrogens with one attached hydrogen (secondary N) is 1. The van der Waals surface area contributed by atoms with Crippen molar-refractivity contribution in [2.75, 3.05) is 0 Å². The lowest BCUT2D eigenvalue weighted by molar-refractivity contribution is -0.117. The lowest BCUT2D eigenvalue weighted by atomic mass is 10.1. The van der Waals surface area contributed by atoms with E-state index in [0.717, 1.165) is 11.3 Å². The number of hydrogen-bond donors (Lipinski definition) is 1. The smallest absolute Gasteiger partial charge is 0.244 e. The summed E-state index contributed by atoms with van der Waals surface area (Å²) in [5, 5.41) is 4.75. The van der Waals surface area contributed by atoms with Crippen LogP contribution in [0.25, 0.3) is 6.08 Å². The molecule has 1 atom stereocenters. The van der Waals surface area contributed by atoms with Crippen LogP contribution < -0.4 is 5.32 Å². The molecule has 0 saturated heterocycles. The maximum Gasteiger partial charge on any atom is 0.244 e. The van der Waals surface area contributed by atoms with Crippen molar-refractivity contribution in [3.63, 3.8) is 0 Å². The van der Waals surface area contributed by atoms with Crippen molar-refractivity contribution in [2.45, 2.75) is 6.04 Å². The van der Waals surface area contributed by atoms with Gasteiger partial charge in [0.15, 0.2) is 0 Å². The molecule has 24 heavy (non-hydrogen) atoms. The molecule has 122 valence electrons. The molecule has 7 heteroatoms. The lowest BCUT2D eigenvalue weighted by Gasteiger charge is -2.18. The van der Waals surface area contributed by atoms with Gasteiger partial charge in [-0.3, -0.25) is 4.79 Å². The third kappa shape index (κ3) is 3.75. The molecular formula is C17H15FN4OS. The molecule has 0 spiro atoms. The van der Waals surface area contributed by atoms with Gasteiger partial charge >= 0.3 is 0 Å². The van der Waals surface area contributed by atoms with Crippen molar-refractivity contribution in [1.29, 1.82) is 0 Å². The van der Waals surface area contributed by atoms with Gasteiger partial charge in [-0.2, -0.15) is 0 Å². The van der Waals surface area contributed by atoms with Crippen molar-refractivity contribution >= 4 is 23.3 Å². The average molecular weight is 342 g/mol. The second-order valence-electron chi connectivity index (χ2n) is 5.14. The Kier molecular flexibility index (Phi) is 4.81. The zero-order chi connectivity index (χ0) is 16.9. The molecule has 0 aliphatic rings. The summed E-state index contributed by atoms with van der Waals surface area (Å²) in [5.74, 6) is 0.0597. The fraction of sp³-hybridized carbons (Fsp3) is 0.118. The second kappa shape index (κ2) is 7.18. The highest BCUT2D eigenvalue weighted by atomic mass is 32.1. The number of benzene rings is 1. The first-order valence-electron chi connectivity index (χ1n) is 7.23. The van der Waals surface area contributed by atoms with Crippen LogP contribution in [-0.4, -0.2) is 20.4 Å². The van der Waals surface area contributed by atoms with Crippen LogP contribution in [0.3, 0.4) is 0 Å². The number of aryl methyl sites for hydroxylation is 1. The fourth-order valence-corrected chi connectivity index (χ4v) is 2.79. The Morgan fingerprint density at radius 1 is 1.33 bits per heavy atom. The maximum absolute atomic E-state index is 13.2. The SMILES string of the molecule is Cn1ccnc1[C@H](NC(=O)/C=C/c1cscn1)c1ccc(F)cc1. The van der Waals surface area contributed by atoms with Gasteiger partial charge in [-0.1, -0.05) is 12.1 Å². The quantitative estimate of drug-likeness (QED) is 0.725. The van der Waals surface area contributed by atoms with E-state index in [1.165, 1.54) is 29.5 Å². The van der Waals surface area contributed by atoms with Crippen LogP contribution in [0, 0.1) is 5.82 Å². The van der Waals surface area contributed by atoms with E-state index >= 15 is 0 Å². The van der Waals surface area contributed by atoms with Gasteiger partial charge in [-0.05, 0) is 23.8 Å². The number of imidazole rings is 1. The van der Waals surface area contributed by atoms with Crippen molar-refractivity contribution in [1.82, 2.24) is 19.9 Å². The Morgan fingerprint density at radius 3 is 2.75 bits per heavy atom. The summed E-state index contributed by atoms with van der Waals surface area (Å²) in [6.45, 7) is 0. The molecule has 0 aliphatic heterocycles. The summed E-state index contributed by atoms with van der Waals surface area (Å²) < 4.78 is 15.0. The second-order valence-corrected chi connectivity index (χ2v) is 5.85. The van der Waals surface area contributed by atoms with Crippen LogP contribution in [0.2, 0.25) is 0 Å². The molecule has 0 fully saturated rings. The Hall–Kier alpha value is -2.80. The molecule has 1 N–H and O–H groups in total. The summed E-state index contributed by atoms with van der Waals surface area (Å²) in [4.78, 5) is 20.7. The molecule has 0 aliphatic carbocycles. The van der Waals surface area contributed by atoms with Crippen LogP contribution >= 0.6 is 11.3 Å². The van der Waals surface area contributed by atoms with Gasteiger partial charge < -0.3 is 9.88 Å². The molecule has 3 rings (SSSR count). The number of carbonyl (C=O) groups excluding carboxylic acids is 1. The molecule has 0 saturated carbocycles. The largest absolute Gasteiger partial charge is 0.339 e. The van der Waals surface area contributed by atoms with Crippen LogP contribution in [-0.2, 0) is 11.8 Å². The highest BCUT2D eigenvalue weighted by Crippen LogP contribution is 2.20. The number of thiazole rings is 1. The first-order valence-corrected chi connectivity index (χ1v) is 8.17. The molecule has 3 aromatic rings. The molecule has 2 heterocycles. The average Bonchev–Trinajstić information content (AvgIpc) is 3.23. The maximum atomic E-state index is 13.2. The van der Waals surface area contributed by atoms with Crippen LogP contribution in [0.5, 0.6) is 0 Å². The molecule has 1 amide bonds. The van der Waals surface area contributed by atoms with Gasteiger partial charge in [-0.25, -0.2) is 14.4 Å². The molecule has 1 aromatic carbocycles. The number of halogens is 1.